The van der Waals surface area contributed by atoms with Gasteiger partial charge in [0.2, 0.25) is 5.91 Å². The van der Waals surface area contributed by atoms with E-state index < -0.39 is 5.82 Å². The highest BCUT2D eigenvalue weighted by Crippen LogP contribution is 2.43. The molecule has 0 bridgehead atoms. The van der Waals surface area contributed by atoms with Crippen LogP contribution < -0.4 is 0 Å². The highest BCUT2D eigenvalue weighted by atomic mass is 19.1. The number of hydrogen-bond donors (Lipinski definition) is 0. The van der Waals surface area contributed by atoms with Crippen LogP contribution in [0.5, 0.6) is 0 Å². The first-order valence-electron chi connectivity index (χ1n) is 7.27. The molecule has 2 aliphatic heterocycles. The van der Waals surface area contributed by atoms with Crippen LogP contribution in [0.15, 0.2) is 18.2 Å². The van der Waals surface area contributed by atoms with Crippen molar-refractivity contribution < 1.29 is 9.18 Å². The van der Waals surface area contributed by atoms with Gasteiger partial charge in [-0.15, -0.1) is 0 Å². The summed E-state index contributed by atoms with van der Waals surface area (Å²) >= 11 is 0. The fourth-order valence-corrected chi connectivity index (χ4v) is 3.31. The van der Waals surface area contributed by atoms with Gasteiger partial charge in [0.15, 0.2) is 0 Å². The van der Waals surface area contributed by atoms with Crippen molar-refractivity contribution in [3.05, 3.63) is 35.1 Å². The monoisotopic (exact) mass is 287 g/mol. The lowest BCUT2D eigenvalue weighted by Crippen LogP contribution is -2.36. The lowest BCUT2D eigenvalue weighted by molar-refractivity contribution is -0.142. The molecule has 0 spiro atoms. The number of carbonyl (C=O) groups excluding carboxylic acids is 1. The minimum atomic E-state index is -0.424. The molecule has 0 aliphatic carbocycles. The van der Waals surface area contributed by atoms with Crippen LogP contribution in [-0.4, -0.2) is 29.0 Å². The van der Waals surface area contributed by atoms with Crippen LogP contribution in [0.25, 0.3) is 0 Å². The third kappa shape index (κ3) is 2.11. The van der Waals surface area contributed by atoms with E-state index in [9.17, 15) is 9.18 Å². The van der Waals surface area contributed by atoms with Crippen molar-refractivity contribution in [2.24, 2.45) is 5.41 Å². The fraction of sp³-hybridized carbons (Fsp3) is 0.500. The molecule has 110 valence electrons. The molecule has 2 saturated heterocycles. The van der Waals surface area contributed by atoms with Crippen LogP contribution >= 0.6 is 0 Å². The van der Waals surface area contributed by atoms with Gasteiger partial charge in [0.05, 0.1) is 23.1 Å². The average molecular weight is 287 g/mol. The molecular formula is C16H18FN3O. The zero-order chi connectivity index (χ0) is 15.2. The zero-order valence-electron chi connectivity index (χ0n) is 12.3. The number of nitriles is 1. The van der Waals surface area contributed by atoms with Crippen molar-refractivity contribution in [1.29, 1.82) is 5.26 Å². The Morgan fingerprint density at radius 3 is 2.90 bits per heavy atom. The number of rotatable bonds is 2. The van der Waals surface area contributed by atoms with Crippen molar-refractivity contribution >= 4 is 5.91 Å². The van der Waals surface area contributed by atoms with Crippen LogP contribution in [0, 0.1) is 22.6 Å². The van der Waals surface area contributed by atoms with E-state index >= 15 is 0 Å². The van der Waals surface area contributed by atoms with Gasteiger partial charge in [-0.3, -0.25) is 9.80 Å². The lowest BCUT2D eigenvalue weighted by atomic mass is 9.86. The summed E-state index contributed by atoms with van der Waals surface area (Å²) < 4.78 is 13.7. The number of hydrogen-bond acceptors (Lipinski definition) is 3. The van der Waals surface area contributed by atoms with Gasteiger partial charge in [0, 0.05) is 13.1 Å². The largest absolute Gasteiger partial charge is 0.273 e. The molecule has 2 heterocycles. The van der Waals surface area contributed by atoms with Gasteiger partial charge in [-0.05, 0) is 43.5 Å². The number of benzene rings is 1. The van der Waals surface area contributed by atoms with Crippen molar-refractivity contribution in [2.45, 2.75) is 32.7 Å². The smallest absolute Gasteiger partial charge is 0.244 e. The Bertz CT molecular complexity index is 639. The summed E-state index contributed by atoms with van der Waals surface area (Å²) in [6.45, 7) is 5.52. The molecule has 2 atom stereocenters. The number of halogens is 1. The summed E-state index contributed by atoms with van der Waals surface area (Å²) in [5.41, 5.74) is 0.653. The summed E-state index contributed by atoms with van der Waals surface area (Å²) in [6, 6.07) is 6.16. The molecule has 0 saturated carbocycles. The number of nitrogens with zero attached hydrogens (tertiary/aromatic N) is 3. The van der Waals surface area contributed by atoms with E-state index in [-0.39, 0.29) is 17.4 Å². The number of hydrazine groups is 1. The number of carbonyl (C=O) groups is 1. The molecule has 1 aromatic carbocycles. The van der Waals surface area contributed by atoms with E-state index in [4.69, 9.17) is 5.26 Å². The molecule has 21 heavy (non-hydrogen) atoms. The molecule has 2 aliphatic rings. The normalized spacial score (nSPS) is 28.8. The summed E-state index contributed by atoms with van der Waals surface area (Å²) in [5, 5.41) is 12.8. The number of amides is 1. The van der Waals surface area contributed by atoms with E-state index in [0.717, 1.165) is 25.9 Å². The standard InChI is InChI=1S/C16H18FN3O/c1-3-16(2)10-19-5-4-14(20(19)15(16)21)12-6-11(9-18)7-13(17)8-12/h6-8,14H,3-5,10H2,1-2H3/t14-,16+/m1/s1. The molecule has 0 unspecified atom stereocenters. The van der Waals surface area contributed by atoms with E-state index in [0.29, 0.717) is 11.1 Å². The fourth-order valence-electron chi connectivity index (χ4n) is 3.31. The molecule has 2 fully saturated rings. The summed E-state index contributed by atoms with van der Waals surface area (Å²) in [7, 11) is 0. The van der Waals surface area contributed by atoms with Crippen LogP contribution in [0.4, 0.5) is 4.39 Å². The van der Waals surface area contributed by atoms with Crippen molar-refractivity contribution in [2.75, 3.05) is 13.1 Å². The average Bonchev–Trinajstić information content (AvgIpc) is 2.98. The quantitative estimate of drug-likeness (QED) is 0.840. The highest BCUT2D eigenvalue weighted by Gasteiger charge is 2.51. The van der Waals surface area contributed by atoms with Gasteiger partial charge < -0.3 is 0 Å². The number of fused-ring (bicyclic) bond motifs is 1. The van der Waals surface area contributed by atoms with Crippen molar-refractivity contribution in [1.82, 2.24) is 10.0 Å². The third-order valence-electron chi connectivity index (χ3n) is 4.73. The second-order valence-corrected chi connectivity index (χ2v) is 6.14. The molecule has 4 nitrogen and oxygen atoms in total. The Balaban J connectivity index is 1.97. The summed E-state index contributed by atoms with van der Waals surface area (Å²) in [4.78, 5) is 12.7. The summed E-state index contributed by atoms with van der Waals surface area (Å²) in [5.74, 6) is -0.317. The maximum Gasteiger partial charge on any atom is 0.244 e. The Morgan fingerprint density at radius 2 is 2.24 bits per heavy atom. The first-order chi connectivity index (χ1) is 9.98. The lowest BCUT2D eigenvalue weighted by Gasteiger charge is -2.26. The molecular weight excluding hydrogens is 269 g/mol. The minimum absolute atomic E-state index is 0.107. The van der Waals surface area contributed by atoms with Gasteiger partial charge in [-0.25, -0.2) is 9.40 Å². The molecule has 5 heteroatoms. The van der Waals surface area contributed by atoms with E-state index in [2.05, 4.69) is 5.01 Å². The Kier molecular flexibility index (Phi) is 3.22. The van der Waals surface area contributed by atoms with Gasteiger partial charge >= 0.3 is 0 Å². The molecule has 0 N–H and O–H groups in total. The topological polar surface area (TPSA) is 47.3 Å². The second kappa shape index (κ2) is 4.81. The van der Waals surface area contributed by atoms with E-state index in [1.54, 1.807) is 11.1 Å². The van der Waals surface area contributed by atoms with E-state index in [1.807, 2.05) is 19.9 Å². The van der Waals surface area contributed by atoms with Crippen molar-refractivity contribution in [3.8, 4) is 6.07 Å². The second-order valence-electron chi connectivity index (χ2n) is 6.14. The van der Waals surface area contributed by atoms with Gasteiger partial charge in [0.1, 0.15) is 5.82 Å². The Labute approximate surface area is 123 Å². The predicted octanol–water partition coefficient (Wildman–Crippen LogP) is 2.62. The van der Waals surface area contributed by atoms with Gasteiger partial charge in [-0.1, -0.05) is 6.92 Å². The molecule has 3 rings (SSSR count). The van der Waals surface area contributed by atoms with Crippen LogP contribution in [-0.2, 0) is 4.79 Å². The molecule has 0 aromatic heterocycles. The van der Waals surface area contributed by atoms with Crippen molar-refractivity contribution in [3.63, 3.8) is 0 Å². The summed E-state index contributed by atoms with van der Waals surface area (Å²) in [6.07, 6.45) is 1.57. The first kappa shape index (κ1) is 14.0. The predicted molar refractivity (Wildman–Crippen MR) is 75.3 cm³/mol. The van der Waals surface area contributed by atoms with Crippen LogP contribution in [0.3, 0.4) is 0 Å². The maximum absolute atomic E-state index is 13.7. The molecule has 1 amide bonds. The molecule has 0 radical (unpaired) electrons. The molecule has 1 aromatic rings. The first-order valence-corrected chi connectivity index (χ1v) is 7.27. The van der Waals surface area contributed by atoms with Crippen LogP contribution in [0.2, 0.25) is 0 Å². The third-order valence-corrected chi connectivity index (χ3v) is 4.73. The highest BCUT2D eigenvalue weighted by molar-refractivity contribution is 5.84. The Morgan fingerprint density at radius 1 is 1.48 bits per heavy atom. The minimum Gasteiger partial charge on any atom is -0.273 e. The zero-order valence-corrected chi connectivity index (χ0v) is 12.3. The Hall–Kier alpha value is -1.93. The van der Waals surface area contributed by atoms with Gasteiger partial charge in [0.25, 0.3) is 0 Å². The van der Waals surface area contributed by atoms with Gasteiger partial charge in [-0.2, -0.15) is 5.26 Å². The SMILES string of the molecule is CC[C@@]1(C)CN2CC[C@H](c3cc(F)cc(C#N)c3)N2C1=O. The van der Waals surface area contributed by atoms with Crippen LogP contribution in [0.1, 0.15) is 43.9 Å². The van der Waals surface area contributed by atoms with E-state index in [1.165, 1.54) is 12.1 Å². The maximum atomic E-state index is 13.7.